The monoisotopic (exact) mass is 242 g/mol. The molecule has 0 aliphatic carbocycles. The fourth-order valence-electron chi connectivity index (χ4n) is 1.56. The van der Waals surface area contributed by atoms with E-state index >= 15 is 0 Å². The summed E-state index contributed by atoms with van der Waals surface area (Å²) in [6.07, 6.45) is 0. The lowest BCUT2D eigenvalue weighted by Gasteiger charge is -2.23. The van der Waals surface area contributed by atoms with Gasteiger partial charge in [0.25, 0.3) is 0 Å². The topological polar surface area (TPSA) is 18.5 Å². The van der Waals surface area contributed by atoms with Gasteiger partial charge in [-0.2, -0.15) is 0 Å². The molecule has 0 saturated carbocycles. The normalized spacial score (nSPS) is 11.1. The second-order valence-corrected chi connectivity index (χ2v) is 5.08. The zero-order valence-corrected chi connectivity index (χ0v) is 11.0. The number of hydrogen-bond donors (Lipinski definition) is 0. The van der Waals surface area contributed by atoms with Crippen molar-refractivity contribution in [3.8, 4) is 17.2 Å². The smallest absolute Gasteiger partial charge is 0.169 e. The Morgan fingerprint density at radius 3 is 1.89 bits per heavy atom. The van der Waals surface area contributed by atoms with Crippen LogP contribution in [0.15, 0.2) is 54.6 Å². The molecule has 0 unspecified atom stereocenters. The van der Waals surface area contributed by atoms with E-state index in [1.165, 1.54) is 0 Å². The highest BCUT2D eigenvalue weighted by atomic mass is 16.5. The number of benzene rings is 2. The second-order valence-electron chi connectivity index (χ2n) is 5.08. The summed E-state index contributed by atoms with van der Waals surface area (Å²) in [7, 11) is 0. The maximum absolute atomic E-state index is 5.88. The van der Waals surface area contributed by atoms with Crippen LogP contribution < -0.4 is 9.47 Å². The van der Waals surface area contributed by atoms with Crippen molar-refractivity contribution in [2.24, 2.45) is 0 Å². The Bertz CT molecular complexity index is 498. The molecule has 0 atom stereocenters. The van der Waals surface area contributed by atoms with E-state index in [0.29, 0.717) is 0 Å². The van der Waals surface area contributed by atoms with Crippen LogP contribution in [0.5, 0.6) is 17.2 Å². The molecular weight excluding hydrogens is 224 g/mol. The number of rotatable bonds is 3. The molecular formula is C16H18O2. The van der Waals surface area contributed by atoms with E-state index < -0.39 is 0 Å². The van der Waals surface area contributed by atoms with Crippen LogP contribution >= 0.6 is 0 Å². The molecule has 2 heteroatoms. The Labute approximate surface area is 108 Å². The Balaban J connectivity index is 2.23. The molecule has 0 N–H and O–H groups in total. The molecule has 0 heterocycles. The average molecular weight is 242 g/mol. The molecule has 2 rings (SSSR count). The highest BCUT2D eigenvalue weighted by molar-refractivity contribution is 5.42. The number of para-hydroxylation sites is 3. The maximum atomic E-state index is 5.88. The van der Waals surface area contributed by atoms with Crippen molar-refractivity contribution < 1.29 is 9.47 Å². The SMILES string of the molecule is CC(C)(C)Oc1ccccc1Oc1ccccc1. The van der Waals surface area contributed by atoms with Crippen LogP contribution in [0.3, 0.4) is 0 Å². The predicted molar refractivity (Wildman–Crippen MR) is 73.3 cm³/mol. The zero-order chi connectivity index (χ0) is 13.0. The first-order valence-corrected chi connectivity index (χ1v) is 6.05. The van der Waals surface area contributed by atoms with Gasteiger partial charge in [0.2, 0.25) is 0 Å². The summed E-state index contributed by atoms with van der Waals surface area (Å²) in [4.78, 5) is 0. The number of ether oxygens (including phenoxy) is 2. The van der Waals surface area contributed by atoms with Gasteiger partial charge in [-0.15, -0.1) is 0 Å². The standard InChI is InChI=1S/C16H18O2/c1-16(2,3)18-15-12-8-7-11-14(15)17-13-9-5-4-6-10-13/h4-12H,1-3H3. The molecule has 0 radical (unpaired) electrons. The Hall–Kier alpha value is -1.96. The fourth-order valence-corrected chi connectivity index (χ4v) is 1.56. The van der Waals surface area contributed by atoms with Crippen LogP contribution in [0.25, 0.3) is 0 Å². The van der Waals surface area contributed by atoms with E-state index in [2.05, 4.69) is 0 Å². The summed E-state index contributed by atoms with van der Waals surface area (Å²) in [5.41, 5.74) is -0.240. The summed E-state index contributed by atoms with van der Waals surface area (Å²) >= 11 is 0. The van der Waals surface area contributed by atoms with Crippen LogP contribution in [0.4, 0.5) is 0 Å². The van der Waals surface area contributed by atoms with Crippen LogP contribution in [0.1, 0.15) is 20.8 Å². The second kappa shape index (κ2) is 5.13. The van der Waals surface area contributed by atoms with Gasteiger partial charge in [0, 0.05) is 0 Å². The maximum Gasteiger partial charge on any atom is 0.169 e. The van der Waals surface area contributed by atoms with Gasteiger partial charge >= 0.3 is 0 Å². The molecule has 0 saturated heterocycles. The van der Waals surface area contributed by atoms with Crippen LogP contribution in [0.2, 0.25) is 0 Å². The van der Waals surface area contributed by atoms with Crippen molar-refractivity contribution in [2.45, 2.75) is 26.4 Å². The first-order chi connectivity index (χ1) is 8.54. The third-order valence-electron chi connectivity index (χ3n) is 2.24. The van der Waals surface area contributed by atoms with Crippen LogP contribution in [0, 0.1) is 0 Å². The molecule has 0 fully saturated rings. The summed E-state index contributed by atoms with van der Waals surface area (Å²) in [5.74, 6) is 2.30. The molecule has 0 amide bonds. The average Bonchev–Trinajstić information content (AvgIpc) is 2.31. The summed E-state index contributed by atoms with van der Waals surface area (Å²) in [6.45, 7) is 6.06. The van der Waals surface area contributed by atoms with Gasteiger partial charge in [-0.1, -0.05) is 30.3 Å². The van der Waals surface area contributed by atoms with E-state index in [-0.39, 0.29) is 5.60 Å². The van der Waals surface area contributed by atoms with Crippen molar-refractivity contribution in [3.63, 3.8) is 0 Å². The highest BCUT2D eigenvalue weighted by Gasteiger charge is 2.15. The summed E-state index contributed by atoms with van der Waals surface area (Å²) in [5, 5.41) is 0. The molecule has 2 aromatic carbocycles. The van der Waals surface area contributed by atoms with E-state index in [1.807, 2.05) is 75.4 Å². The number of hydrogen-bond acceptors (Lipinski definition) is 2. The Morgan fingerprint density at radius 1 is 0.722 bits per heavy atom. The first-order valence-electron chi connectivity index (χ1n) is 6.05. The molecule has 2 nitrogen and oxygen atoms in total. The summed E-state index contributed by atoms with van der Waals surface area (Å²) in [6, 6.07) is 17.4. The largest absolute Gasteiger partial charge is 0.484 e. The molecule has 2 aromatic rings. The lowest BCUT2D eigenvalue weighted by molar-refractivity contribution is 0.126. The van der Waals surface area contributed by atoms with E-state index in [9.17, 15) is 0 Å². The van der Waals surface area contributed by atoms with Gasteiger partial charge < -0.3 is 9.47 Å². The first kappa shape index (κ1) is 12.5. The minimum atomic E-state index is -0.240. The molecule has 0 aromatic heterocycles. The van der Waals surface area contributed by atoms with E-state index in [0.717, 1.165) is 17.2 Å². The van der Waals surface area contributed by atoms with Crippen LogP contribution in [-0.4, -0.2) is 5.60 Å². The summed E-state index contributed by atoms with van der Waals surface area (Å²) < 4.78 is 11.7. The third-order valence-corrected chi connectivity index (χ3v) is 2.24. The van der Waals surface area contributed by atoms with Gasteiger partial charge in [0.1, 0.15) is 11.4 Å². The minimum absolute atomic E-state index is 0.240. The molecule has 18 heavy (non-hydrogen) atoms. The lowest BCUT2D eigenvalue weighted by Crippen LogP contribution is -2.23. The van der Waals surface area contributed by atoms with Gasteiger partial charge in [0.15, 0.2) is 11.5 Å². The van der Waals surface area contributed by atoms with Gasteiger partial charge in [-0.05, 0) is 45.0 Å². The quantitative estimate of drug-likeness (QED) is 0.779. The molecule has 0 spiro atoms. The van der Waals surface area contributed by atoms with Gasteiger partial charge in [-0.3, -0.25) is 0 Å². The van der Waals surface area contributed by atoms with Gasteiger partial charge in [-0.25, -0.2) is 0 Å². The van der Waals surface area contributed by atoms with E-state index in [4.69, 9.17) is 9.47 Å². The van der Waals surface area contributed by atoms with Crippen molar-refractivity contribution >= 4 is 0 Å². The van der Waals surface area contributed by atoms with Crippen LogP contribution in [-0.2, 0) is 0 Å². The van der Waals surface area contributed by atoms with Gasteiger partial charge in [0.05, 0.1) is 0 Å². The fraction of sp³-hybridized carbons (Fsp3) is 0.250. The van der Waals surface area contributed by atoms with Crippen molar-refractivity contribution in [1.29, 1.82) is 0 Å². The van der Waals surface area contributed by atoms with Crippen molar-refractivity contribution in [3.05, 3.63) is 54.6 Å². The Morgan fingerprint density at radius 2 is 1.28 bits per heavy atom. The lowest BCUT2D eigenvalue weighted by atomic mass is 10.2. The zero-order valence-electron chi connectivity index (χ0n) is 11.0. The Kier molecular flexibility index (Phi) is 3.56. The molecule has 94 valence electrons. The third kappa shape index (κ3) is 3.52. The molecule has 0 aliphatic heterocycles. The van der Waals surface area contributed by atoms with Crippen molar-refractivity contribution in [2.75, 3.05) is 0 Å². The molecule has 0 aliphatic rings. The van der Waals surface area contributed by atoms with E-state index in [1.54, 1.807) is 0 Å². The highest BCUT2D eigenvalue weighted by Crippen LogP contribution is 2.33. The minimum Gasteiger partial charge on any atom is -0.484 e. The van der Waals surface area contributed by atoms with Crippen molar-refractivity contribution in [1.82, 2.24) is 0 Å². The predicted octanol–water partition coefficient (Wildman–Crippen LogP) is 4.66. The molecule has 0 bridgehead atoms.